The maximum absolute atomic E-state index is 13.3. The van der Waals surface area contributed by atoms with Gasteiger partial charge in [0, 0.05) is 17.4 Å². The molecule has 2 aliphatic rings. The molecule has 0 aromatic heterocycles. The molecule has 7 heteroatoms. The van der Waals surface area contributed by atoms with Crippen LogP contribution in [0.3, 0.4) is 0 Å². The Hall–Kier alpha value is -1.41. The number of rotatable bonds is 5. The van der Waals surface area contributed by atoms with Gasteiger partial charge in [0.2, 0.25) is 0 Å². The Kier molecular flexibility index (Phi) is 6.69. The lowest BCUT2D eigenvalue weighted by atomic mass is 10.0. The summed E-state index contributed by atoms with van der Waals surface area (Å²) in [7, 11) is 0. The second kappa shape index (κ2) is 8.99. The van der Waals surface area contributed by atoms with E-state index in [1.54, 1.807) is 0 Å². The van der Waals surface area contributed by atoms with Crippen LogP contribution in [0.4, 0.5) is 13.2 Å². The van der Waals surface area contributed by atoms with Crippen LogP contribution < -0.4 is 0 Å². The molecule has 4 nitrogen and oxygen atoms in total. The van der Waals surface area contributed by atoms with E-state index in [1.165, 1.54) is 0 Å². The third kappa shape index (κ3) is 4.85. The van der Waals surface area contributed by atoms with Gasteiger partial charge in [0.25, 0.3) is 0 Å². The molecule has 2 saturated heterocycles. The second-order valence-electron chi connectivity index (χ2n) is 6.62. The van der Waals surface area contributed by atoms with Crippen LogP contribution in [0.15, 0.2) is 24.3 Å². The Labute approximate surface area is 150 Å². The van der Waals surface area contributed by atoms with Gasteiger partial charge in [-0.15, -0.1) is 0 Å². The lowest BCUT2D eigenvalue weighted by molar-refractivity contribution is -0.217. The van der Waals surface area contributed by atoms with Gasteiger partial charge in [0.1, 0.15) is 0 Å². The maximum atomic E-state index is 13.3. The number of hydrogen-bond donors (Lipinski definition) is 0. The zero-order chi connectivity index (χ0) is 18.5. The summed E-state index contributed by atoms with van der Waals surface area (Å²) in [5, 5.41) is 0. The van der Waals surface area contributed by atoms with Crippen molar-refractivity contribution in [2.24, 2.45) is 11.8 Å². The van der Waals surface area contributed by atoms with Crippen LogP contribution >= 0.6 is 0 Å². The number of benzene rings is 1. The van der Waals surface area contributed by atoms with Crippen molar-refractivity contribution in [3.63, 3.8) is 0 Å². The van der Waals surface area contributed by atoms with Crippen LogP contribution in [0, 0.1) is 29.3 Å². The van der Waals surface area contributed by atoms with Crippen molar-refractivity contribution < 1.29 is 32.1 Å². The zero-order valence-electron chi connectivity index (χ0n) is 14.6. The number of ether oxygens (including phenoxy) is 4. The summed E-state index contributed by atoms with van der Waals surface area (Å²) in [5.74, 6) is -3.56. The number of halogens is 3. The Bertz CT molecular complexity index is 598. The predicted molar refractivity (Wildman–Crippen MR) is 87.7 cm³/mol. The van der Waals surface area contributed by atoms with Crippen LogP contribution in [0.1, 0.15) is 31.6 Å². The Morgan fingerprint density at radius 2 is 1.54 bits per heavy atom. The predicted octanol–water partition coefficient (Wildman–Crippen LogP) is 4.11. The van der Waals surface area contributed by atoms with Crippen molar-refractivity contribution in [3.8, 4) is 0 Å². The smallest absolute Gasteiger partial charge is 0.194 e. The van der Waals surface area contributed by atoms with E-state index in [4.69, 9.17) is 18.9 Å². The van der Waals surface area contributed by atoms with Gasteiger partial charge >= 0.3 is 0 Å². The quantitative estimate of drug-likeness (QED) is 0.576. The van der Waals surface area contributed by atoms with Crippen LogP contribution in [0.2, 0.25) is 0 Å². The molecule has 2 heterocycles. The molecule has 26 heavy (non-hydrogen) atoms. The fraction of sp³-hybridized carbons (Fsp3) is 0.579. The van der Waals surface area contributed by atoms with Gasteiger partial charge in [0.05, 0.1) is 26.4 Å². The molecule has 0 unspecified atom stereocenters. The van der Waals surface area contributed by atoms with Crippen molar-refractivity contribution in [1.29, 1.82) is 0 Å². The summed E-state index contributed by atoms with van der Waals surface area (Å²) in [6.07, 6.45) is 4.46. The first-order valence-corrected chi connectivity index (χ1v) is 8.80. The first-order valence-electron chi connectivity index (χ1n) is 8.80. The SMILES string of the molecule is C/C=C\[C@H]1CO[C@H](CCC2COC(c3cc(F)c(F)c(F)c3)OC2)OC1. The molecule has 0 bridgehead atoms. The molecule has 0 spiro atoms. The van der Waals surface area contributed by atoms with Gasteiger partial charge in [-0.3, -0.25) is 0 Å². The monoisotopic (exact) mass is 372 g/mol. The van der Waals surface area contributed by atoms with E-state index in [0.29, 0.717) is 32.3 Å². The van der Waals surface area contributed by atoms with Crippen LogP contribution in [0.25, 0.3) is 0 Å². The summed E-state index contributed by atoms with van der Waals surface area (Å²) in [6, 6.07) is 1.79. The molecule has 144 valence electrons. The third-order valence-electron chi connectivity index (χ3n) is 4.51. The first kappa shape index (κ1) is 19.4. The third-order valence-corrected chi connectivity index (χ3v) is 4.51. The normalized spacial score (nSPS) is 30.0. The standard InChI is InChI=1S/C19H23F3O4/c1-2-3-12-8-23-17(24-9-12)5-4-13-10-25-19(26-11-13)14-6-15(20)18(22)16(21)7-14/h2-3,6-7,12-13,17,19H,4-5,8-11H2,1H3/b3-2-/t12-,13?,17-,19?. The van der Waals surface area contributed by atoms with Crippen LogP contribution in [-0.2, 0) is 18.9 Å². The highest BCUT2D eigenvalue weighted by Crippen LogP contribution is 2.29. The van der Waals surface area contributed by atoms with E-state index in [2.05, 4.69) is 6.08 Å². The molecule has 0 saturated carbocycles. The molecule has 0 N–H and O–H groups in total. The average Bonchev–Trinajstić information content (AvgIpc) is 2.66. The molecular weight excluding hydrogens is 349 g/mol. The van der Waals surface area contributed by atoms with Crippen LogP contribution in [-0.4, -0.2) is 32.7 Å². The topological polar surface area (TPSA) is 36.9 Å². The summed E-state index contributed by atoms with van der Waals surface area (Å²) in [4.78, 5) is 0. The Balaban J connectivity index is 1.42. The van der Waals surface area contributed by atoms with Crippen molar-refractivity contribution >= 4 is 0 Å². The highest BCUT2D eigenvalue weighted by Gasteiger charge is 2.27. The molecule has 0 atom stereocenters. The lowest BCUT2D eigenvalue weighted by Gasteiger charge is -2.32. The van der Waals surface area contributed by atoms with Gasteiger partial charge in [-0.2, -0.15) is 0 Å². The molecule has 0 amide bonds. The highest BCUT2D eigenvalue weighted by atomic mass is 19.2. The van der Waals surface area contributed by atoms with Crippen molar-refractivity contribution in [1.82, 2.24) is 0 Å². The first-order chi connectivity index (χ1) is 12.6. The average molecular weight is 372 g/mol. The van der Waals surface area contributed by atoms with Gasteiger partial charge in [-0.1, -0.05) is 12.2 Å². The fourth-order valence-electron chi connectivity index (χ4n) is 3.09. The lowest BCUT2D eigenvalue weighted by Crippen LogP contribution is -2.33. The largest absolute Gasteiger partial charge is 0.352 e. The molecule has 2 fully saturated rings. The van der Waals surface area contributed by atoms with Crippen molar-refractivity contribution in [2.45, 2.75) is 32.3 Å². The van der Waals surface area contributed by atoms with E-state index < -0.39 is 23.7 Å². The van der Waals surface area contributed by atoms with Crippen molar-refractivity contribution in [2.75, 3.05) is 26.4 Å². The highest BCUT2D eigenvalue weighted by molar-refractivity contribution is 5.20. The van der Waals surface area contributed by atoms with E-state index in [1.807, 2.05) is 13.0 Å². The van der Waals surface area contributed by atoms with Crippen LogP contribution in [0.5, 0.6) is 0 Å². The maximum Gasteiger partial charge on any atom is 0.194 e. The Morgan fingerprint density at radius 3 is 2.12 bits per heavy atom. The summed E-state index contributed by atoms with van der Waals surface area (Å²) < 4.78 is 62.1. The van der Waals surface area contributed by atoms with E-state index in [0.717, 1.165) is 25.0 Å². The van der Waals surface area contributed by atoms with E-state index in [9.17, 15) is 13.2 Å². The summed E-state index contributed by atoms with van der Waals surface area (Å²) >= 11 is 0. The molecule has 1 aromatic carbocycles. The minimum Gasteiger partial charge on any atom is -0.352 e. The summed E-state index contributed by atoms with van der Waals surface area (Å²) in [6.45, 7) is 4.04. The zero-order valence-corrected chi connectivity index (χ0v) is 14.6. The van der Waals surface area contributed by atoms with Gasteiger partial charge < -0.3 is 18.9 Å². The number of allylic oxidation sites excluding steroid dienone is 1. The molecule has 0 radical (unpaired) electrons. The molecule has 1 aromatic rings. The minimum absolute atomic E-state index is 0.133. The molecule has 2 aliphatic heterocycles. The van der Waals surface area contributed by atoms with E-state index >= 15 is 0 Å². The Morgan fingerprint density at radius 1 is 0.923 bits per heavy atom. The van der Waals surface area contributed by atoms with Gasteiger partial charge in [-0.25, -0.2) is 13.2 Å². The number of hydrogen-bond acceptors (Lipinski definition) is 4. The molecule has 3 rings (SSSR count). The fourth-order valence-corrected chi connectivity index (χ4v) is 3.09. The van der Waals surface area contributed by atoms with Gasteiger partial charge in [0.15, 0.2) is 30.0 Å². The second-order valence-corrected chi connectivity index (χ2v) is 6.62. The van der Waals surface area contributed by atoms with Crippen molar-refractivity contribution in [3.05, 3.63) is 47.3 Å². The minimum atomic E-state index is -1.49. The molecule has 0 aliphatic carbocycles. The van der Waals surface area contributed by atoms with E-state index in [-0.39, 0.29) is 17.8 Å². The van der Waals surface area contributed by atoms with Gasteiger partial charge in [-0.05, 0) is 31.9 Å². The summed E-state index contributed by atoms with van der Waals surface area (Å²) in [5.41, 5.74) is 0.133. The molecular formula is C19H23F3O4.